The summed E-state index contributed by atoms with van der Waals surface area (Å²) in [6, 6.07) is 100. The predicted octanol–water partition coefficient (Wildman–Crippen LogP) is 19.5. The molecule has 334 valence electrons. The highest BCUT2D eigenvalue weighted by Crippen LogP contribution is 2.46. The number of para-hydroxylation sites is 3. The van der Waals surface area contributed by atoms with Crippen molar-refractivity contribution in [1.82, 2.24) is 0 Å². The quantitative estimate of drug-likeness (QED) is 0.128. The first-order valence-corrected chi connectivity index (χ1v) is 24.2. The van der Waals surface area contributed by atoms with Crippen molar-refractivity contribution in [2.45, 2.75) is 0 Å². The maximum Gasteiger partial charge on any atom is 0.137 e. The van der Waals surface area contributed by atoms with Gasteiger partial charge in [-0.15, -0.1) is 0 Å². The van der Waals surface area contributed by atoms with E-state index in [-0.39, 0.29) is 0 Å². The molecule has 0 spiro atoms. The number of furan rings is 1. The largest absolute Gasteiger partial charge is 0.456 e. The highest BCUT2D eigenvalue weighted by atomic mass is 16.3. The number of nitrogens with zero attached hydrogens (tertiary/aromatic N) is 2. The van der Waals surface area contributed by atoms with E-state index in [9.17, 15) is 0 Å². The summed E-state index contributed by atoms with van der Waals surface area (Å²) in [4.78, 5) is 4.70. The Kier molecular flexibility index (Phi) is 10.5. The summed E-state index contributed by atoms with van der Waals surface area (Å²) in [5.41, 5.74) is 17.5. The van der Waals surface area contributed by atoms with Gasteiger partial charge in [0.05, 0.1) is 5.69 Å². The van der Waals surface area contributed by atoms with E-state index in [4.69, 9.17) is 4.42 Å². The van der Waals surface area contributed by atoms with Gasteiger partial charge in [-0.05, 0) is 146 Å². The van der Waals surface area contributed by atoms with Gasteiger partial charge in [0.25, 0.3) is 0 Å². The molecular formula is C68H46N2O. The number of benzene rings is 12. The zero-order valence-electron chi connectivity index (χ0n) is 38.9. The molecule has 0 radical (unpaired) electrons. The molecule has 13 rings (SSSR count). The van der Waals surface area contributed by atoms with Crippen LogP contribution in [0.1, 0.15) is 0 Å². The Balaban J connectivity index is 0.939. The summed E-state index contributed by atoms with van der Waals surface area (Å²) in [5, 5.41) is 7.14. The molecule has 0 unspecified atom stereocenters. The minimum Gasteiger partial charge on any atom is -0.456 e. The molecule has 0 aliphatic heterocycles. The molecule has 0 atom stereocenters. The first kappa shape index (κ1) is 41.7. The van der Waals surface area contributed by atoms with Crippen LogP contribution in [0.5, 0.6) is 0 Å². The molecule has 0 aliphatic carbocycles. The molecule has 0 saturated heterocycles. The van der Waals surface area contributed by atoms with Crippen molar-refractivity contribution >= 4 is 77.6 Å². The standard InChI is InChI=1S/C68H46N2O/c1-5-19-47(20-6-1)62-46-65(50-35-39-55(40-36-50)70(53-26-11-4-12-27-53)66-43-51-23-13-14-28-57(51)58-29-15-16-30-59(58)66)63(48-21-7-2-8-22-48)45-64(62)49-33-37-54(38-34-49)69(52-24-9-3-10-25-52)56-41-42-61-60-31-17-18-32-67(60)71-68(61)44-56/h1-46H. The molecule has 0 saturated carbocycles. The van der Waals surface area contributed by atoms with Crippen LogP contribution in [0.4, 0.5) is 34.1 Å². The third-order valence-electron chi connectivity index (χ3n) is 13.8. The fourth-order valence-corrected chi connectivity index (χ4v) is 10.5. The third-order valence-corrected chi connectivity index (χ3v) is 13.8. The van der Waals surface area contributed by atoms with Gasteiger partial charge in [-0.1, -0.05) is 188 Å². The van der Waals surface area contributed by atoms with E-state index >= 15 is 0 Å². The average molecular weight is 907 g/mol. The molecule has 0 aliphatic rings. The molecule has 3 heteroatoms. The normalized spacial score (nSPS) is 11.4. The topological polar surface area (TPSA) is 19.6 Å². The van der Waals surface area contributed by atoms with E-state index in [0.717, 1.165) is 83.9 Å². The van der Waals surface area contributed by atoms with E-state index in [0.29, 0.717) is 0 Å². The summed E-state index contributed by atoms with van der Waals surface area (Å²) in [7, 11) is 0. The lowest BCUT2D eigenvalue weighted by Gasteiger charge is -2.28. The molecule has 0 bridgehead atoms. The minimum atomic E-state index is 0.865. The minimum absolute atomic E-state index is 0.865. The van der Waals surface area contributed by atoms with Crippen LogP contribution in [0.15, 0.2) is 283 Å². The lowest BCUT2D eigenvalue weighted by Crippen LogP contribution is -2.10. The van der Waals surface area contributed by atoms with E-state index in [1.807, 2.05) is 12.1 Å². The van der Waals surface area contributed by atoms with Crippen molar-refractivity contribution in [2.75, 3.05) is 9.80 Å². The molecule has 0 fully saturated rings. The van der Waals surface area contributed by atoms with E-state index in [1.165, 1.54) is 38.2 Å². The van der Waals surface area contributed by atoms with Gasteiger partial charge in [0.2, 0.25) is 0 Å². The second kappa shape index (κ2) is 17.9. The van der Waals surface area contributed by atoms with Gasteiger partial charge >= 0.3 is 0 Å². The number of rotatable bonds is 10. The zero-order chi connectivity index (χ0) is 47.1. The van der Waals surface area contributed by atoms with E-state index in [2.05, 4.69) is 277 Å². The van der Waals surface area contributed by atoms with Gasteiger partial charge in [-0.3, -0.25) is 0 Å². The molecule has 1 aromatic heterocycles. The second-order valence-corrected chi connectivity index (χ2v) is 18.1. The van der Waals surface area contributed by atoms with Crippen molar-refractivity contribution in [1.29, 1.82) is 0 Å². The summed E-state index contributed by atoms with van der Waals surface area (Å²) < 4.78 is 6.39. The molecule has 1 heterocycles. The van der Waals surface area contributed by atoms with Crippen molar-refractivity contribution in [3.05, 3.63) is 279 Å². The summed E-state index contributed by atoms with van der Waals surface area (Å²) in [5.74, 6) is 0. The number of hydrogen-bond acceptors (Lipinski definition) is 3. The van der Waals surface area contributed by atoms with Crippen molar-refractivity contribution in [3.8, 4) is 44.5 Å². The highest BCUT2D eigenvalue weighted by Gasteiger charge is 2.21. The van der Waals surface area contributed by atoms with Gasteiger partial charge in [0, 0.05) is 50.7 Å². The third kappa shape index (κ3) is 7.67. The zero-order valence-corrected chi connectivity index (χ0v) is 38.9. The fourth-order valence-electron chi connectivity index (χ4n) is 10.5. The van der Waals surface area contributed by atoms with Crippen LogP contribution in [0.3, 0.4) is 0 Å². The van der Waals surface area contributed by atoms with Crippen LogP contribution in [-0.2, 0) is 0 Å². The Morgan fingerprint density at radius 3 is 1.20 bits per heavy atom. The van der Waals surface area contributed by atoms with Gasteiger partial charge < -0.3 is 14.2 Å². The van der Waals surface area contributed by atoms with Crippen LogP contribution in [-0.4, -0.2) is 0 Å². The first-order chi connectivity index (χ1) is 35.2. The molecule has 12 aromatic carbocycles. The van der Waals surface area contributed by atoms with E-state index < -0.39 is 0 Å². The van der Waals surface area contributed by atoms with E-state index in [1.54, 1.807) is 0 Å². The predicted molar refractivity (Wildman–Crippen MR) is 300 cm³/mol. The Labute approximate surface area is 413 Å². The second-order valence-electron chi connectivity index (χ2n) is 18.1. The van der Waals surface area contributed by atoms with Crippen molar-refractivity contribution < 1.29 is 4.42 Å². The van der Waals surface area contributed by atoms with Gasteiger partial charge in [0.15, 0.2) is 0 Å². The van der Waals surface area contributed by atoms with Gasteiger partial charge in [-0.25, -0.2) is 0 Å². The molecule has 0 amide bonds. The highest BCUT2D eigenvalue weighted by molar-refractivity contribution is 6.14. The van der Waals surface area contributed by atoms with Crippen molar-refractivity contribution in [3.63, 3.8) is 0 Å². The lowest BCUT2D eigenvalue weighted by molar-refractivity contribution is 0.669. The van der Waals surface area contributed by atoms with Crippen LogP contribution in [0.2, 0.25) is 0 Å². The summed E-state index contributed by atoms with van der Waals surface area (Å²) in [6.45, 7) is 0. The Bertz CT molecular complexity index is 4020. The summed E-state index contributed by atoms with van der Waals surface area (Å²) >= 11 is 0. The Morgan fingerprint density at radius 2 is 0.620 bits per heavy atom. The van der Waals surface area contributed by atoms with Crippen LogP contribution in [0, 0.1) is 0 Å². The first-order valence-electron chi connectivity index (χ1n) is 24.2. The van der Waals surface area contributed by atoms with Crippen LogP contribution < -0.4 is 9.80 Å². The SMILES string of the molecule is c1ccc(-c2cc(-c3ccc(N(c4ccccc4)c4cc5ccccc5c5ccccc45)cc3)c(-c3ccccc3)cc2-c2ccc(N(c3ccccc3)c3ccc4c(c3)oc3ccccc34)cc2)cc1. The van der Waals surface area contributed by atoms with Crippen LogP contribution >= 0.6 is 0 Å². The maximum absolute atomic E-state index is 6.39. The van der Waals surface area contributed by atoms with Crippen LogP contribution in [0.25, 0.3) is 88.0 Å². The molecule has 13 aromatic rings. The van der Waals surface area contributed by atoms with Gasteiger partial charge in [0.1, 0.15) is 11.2 Å². The van der Waals surface area contributed by atoms with Crippen molar-refractivity contribution in [2.24, 2.45) is 0 Å². The number of fused-ring (bicyclic) bond motifs is 6. The number of anilines is 6. The molecule has 3 nitrogen and oxygen atoms in total. The Hall–Kier alpha value is -9.44. The number of hydrogen-bond donors (Lipinski definition) is 0. The molecular weight excluding hydrogens is 861 g/mol. The fraction of sp³-hybridized carbons (Fsp3) is 0. The molecule has 71 heavy (non-hydrogen) atoms. The monoisotopic (exact) mass is 906 g/mol. The summed E-state index contributed by atoms with van der Waals surface area (Å²) in [6.07, 6.45) is 0. The molecule has 0 N–H and O–H groups in total. The lowest BCUT2D eigenvalue weighted by atomic mass is 9.85. The average Bonchev–Trinajstić information content (AvgIpc) is 3.82. The smallest absolute Gasteiger partial charge is 0.137 e. The van der Waals surface area contributed by atoms with Gasteiger partial charge in [-0.2, -0.15) is 0 Å². The Morgan fingerprint density at radius 1 is 0.225 bits per heavy atom. The maximum atomic E-state index is 6.39.